The zero-order valence-electron chi connectivity index (χ0n) is 25.2. The van der Waals surface area contributed by atoms with Crippen LogP contribution in [0.5, 0.6) is 0 Å². The van der Waals surface area contributed by atoms with E-state index in [0.717, 1.165) is 50.5 Å². The number of carbonyl (C=O) groups is 3. The lowest BCUT2D eigenvalue weighted by atomic mass is 9.85. The molecule has 268 valence electrons. The van der Waals surface area contributed by atoms with Gasteiger partial charge >= 0.3 is 36.4 Å². The Hall–Kier alpha value is -5.01. The largest absolute Gasteiger partial charge is 0.490 e. The zero-order chi connectivity index (χ0) is 37.2. The molecule has 0 radical (unpaired) electrons. The molecule has 1 fully saturated rings. The van der Waals surface area contributed by atoms with Crippen LogP contribution in [0.2, 0.25) is 0 Å². The van der Waals surface area contributed by atoms with Gasteiger partial charge in [-0.1, -0.05) is 12.1 Å². The Balaban J connectivity index is 0.000000325. The molecule has 49 heavy (non-hydrogen) atoms. The van der Waals surface area contributed by atoms with Crippen molar-refractivity contribution in [2.45, 2.75) is 50.4 Å². The smallest absolute Gasteiger partial charge is 0.475 e. The van der Waals surface area contributed by atoms with Gasteiger partial charge in [-0.3, -0.25) is 19.9 Å². The number of halogens is 9. The van der Waals surface area contributed by atoms with Gasteiger partial charge in [0.05, 0.1) is 17.1 Å². The Labute approximate surface area is 271 Å². The third kappa shape index (κ3) is 12.5. The van der Waals surface area contributed by atoms with E-state index in [4.69, 9.17) is 39.7 Å². The molecule has 3 aromatic rings. The van der Waals surface area contributed by atoms with E-state index in [1.54, 1.807) is 0 Å². The van der Waals surface area contributed by atoms with Gasteiger partial charge in [-0.2, -0.15) is 39.5 Å². The summed E-state index contributed by atoms with van der Waals surface area (Å²) in [7, 11) is 0. The summed E-state index contributed by atoms with van der Waals surface area (Å²) in [6.07, 6.45) is -8.37. The Kier molecular flexibility index (Phi) is 13.4. The van der Waals surface area contributed by atoms with Gasteiger partial charge in [-0.05, 0) is 55.8 Å². The number of aliphatic carboxylic acids is 3. The van der Waals surface area contributed by atoms with Crippen LogP contribution < -0.4 is 4.90 Å². The van der Waals surface area contributed by atoms with Crippen molar-refractivity contribution in [1.82, 2.24) is 19.9 Å². The highest BCUT2D eigenvalue weighted by molar-refractivity contribution is 5.73. The van der Waals surface area contributed by atoms with Crippen molar-refractivity contribution in [2.24, 2.45) is 0 Å². The number of rotatable bonds is 4. The number of nitrogens with zero attached hydrogens (tertiary/aromatic N) is 5. The van der Waals surface area contributed by atoms with E-state index in [0.29, 0.717) is 0 Å². The average molecular weight is 714 g/mol. The molecular formula is C29H28F9N5O6. The van der Waals surface area contributed by atoms with Crippen molar-refractivity contribution in [1.29, 1.82) is 0 Å². The Morgan fingerprint density at radius 3 is 1.82 bits per heavy atom. The van der Waals surface area contributed by atoms with Crippen molar-refractivity contribution in [3.63, 3.8) is 0 Å². The van der Waals surface area contributed by atoms with Crippen LogP contribution in [0, 0.1) is 6.92 Å². The predicted molar refractivity (Wildman–Crippen MR) is 151 cm³/mol. The number of aromatic nitrogens is 3. The van der Waals surface area contributed by atoms with Gasteiger partial charge in [-0.15, -0.1) is 0 Å². The van der Waals surface area contributed by atoms with Crippen LogP contribution in [0.25, 0.3) is 0 Å². The number of fused-ring (bicyclic) bond motifs is 2. The molecule has 20 heteroatoms. The first-order chi connectivity index (χ1) is 22.5. The van der Waals surface area contributed by atoms with Gasteiger partial charge in [0, 0.05) is 55.9 Å². The van der Waals surface area contributed by atoms with Crippen LogP contribution in [0.4, 0.5) is 45.2 Å². The topological polar surface area (TPSA) is 157 Å². The highest BCUT2D eigenvalue weighted by Crippen LogP contribution is 2.45. The lowest BCUT2D eigenvalue weighted by molar-refractivity contribution is -0.193. The number of alkyl halides is 9. The van der Waals surface area contributed by atoms with Crippen LogP contribution in [-0.4, -0.2) is 91.2 Å². The normalized spacial score (nSPS) is 17.1. The molecule has 0 bridgehead atoms. The fourth-order valence-electron chi connectivity index (χ4n) is 4.77. The average Bonchev–Trinajstić information content (AvgIpc) is 3.53. The monoisotopic (exact) mass is 713 g/mol. The van der Waals surface area contributed by atoms with Gasteiger partial charge < -0.3 is 20.2 Å². The molecule has 3 N–H and O–H groups in total. The van der Waals surface area contributed by atoms with E-state index >= 15 is 0 Å². The number of anilines is 1. The maximum atomic E-state index is 10.6. The minimum Gasteiger partial charge on any atom is -0.475 e. The summed E-state index contributed by atoms with van der Waals surface area (Å²) < 4.78 is 95.2. The summed E-state index contributed by atoms with van der Waals surface area (Å²) >= 11 is 0. The maximum Gasteiger partial charge on any atom is 0.490 e. The molecule has 5 heterocycles. The third-order valence-electron chi connectivity index (χ3n) is 6.71. The first-order valence-electron chi connectivity index (χ1n) is 13.7. The summed E-state index contributed by atoms with van der Waals surface area (Å²) in [5.41, 5.74) is 6.14. The molecule has 5 rings (SSSR count). The summed E-state index contributed by atoms with van der Waals surface area (Å²) in [6.45, 7) is 7.00. The van der Waals surface area contributed by atoms with E-state index in [1.807, 2.05) is 24.7 Å². The van der Waals surface area contributed by atoms with Crippen molar-refractivity contribution >= 4 is 23.6 Å². The molecule has 0 aromatic carbocycles. The molecular weight excluding hydrogens is 685 g/mol. The van der Waals surface area contributed by atoms with Crippen LogP contribution in [0.15, 0.2) is 61.1 Å². The van der Waals surface area contributed by atoms with E-state index in [2.05, 4.69) is 58.1 Å². The molecule has 0 saturated carbocycles. The van der Waals surface area contributed by atoms with Crippen LogP contribution in [0.1, 0.15) is 29.1 Å². The fraction of sp³-hybridized carbons (Fsp3) is 0.379. The van der Waals surface area contributed by atoms with Gasteiger partial charge in [0.1, 0.15) is 0 Å². The maximum absolute atomic E-state index is 10.6. The minimum atomic E-state index is -5.08. The number of carboxylic acid groups (broad SMARTS) is 3. The van der Waals surface area contributed by atoms with Gasteiger partial charge in [0.2, 0.25) is 0 Å². The van der Waals surface area contributed by atoms with Crippen LogP contribution in [0.3, 0.4) is 0 Å². The lowest BCUT2D eigenvalue weighted by Crippen LogP contribution is -2.36. The van der Waals surface area contributed by atoms with Crippen molar-refractivity contribution in [2.75, 3.05) is 24.5 Å². The molecule has 1 unspecified atom stereocenters. The van der Waals surface area contributed by atoms with Gasteiger partial charge in [-0.25, -0.2) is 14.4 Å². The molecule has 11 nitrogen and oxygen atoms in total. The minimum absolute atomic E-state index is 0.114. The standard InChI is InChI=1S/C23H25N5.3C2HF3O2/c1-18-5-2-7-20(26-18)15-27-12-9-23(16-27)17-28(14-19-6-3-10-24-13-19)21-8-4-11-25-22(21)23;3*3-2(4,5)1(6)7/h2-8,10-11,13H,9,12,14-17H2,1H3;3*(H,6,7). The number of hydrogen-bond donors (Lipinski definition) is 3. The Bertz CT molecular complexity index is 1520. The number of likely N-dealkylation sites (tertiary alicyclic amines) is 1. The number of pyridine rings is 3. The van der Waals surface area contributed by atoms with Crippen LogP contribution in [-0.2, 0) is 32.9 Å². The van der Waals surface area contributed by atoms with Crippen molar-refractivity contribution in [3.8, 4) is 0 Å². The highest BCUT2D eigenvalue weighted by atomic mass is 19.4. The quantitative estimate of drug-likeness (QED) is 0.304. The zero-order valence-corrected chi connectivity index (χ0v) is 25.2. The fourth-order valence-corrected chi connectivity index (χ4v) is 4.77. The van der Waals surface area contributed by atoms with Gasteiger partial charge in [0.15, 0.2) is 0 Å². The SMILES string of the molecule is Cc1cccc(CN2CCC3(C2)CN(Cc2cccnc2)c2cccnc23)n1.O=C(O)C(F)(F)F.O=C(O)C(F)(F)F.O=C(O)C(F)(F)F. The van der Waals surface area contributed by atoms with E-state index in [9.17, 15) is 39.5 Å². The second-order valence-electron chi connectivity index (χ2n) is 10.5. The number of carboxylic acids is 3. The van der Waals surface area contributed by atoms with Crippen LogP contribution >= 0.6 is 0 Å². The summed E-state index contributed by atoms with van der Waals surface area (Å²) in [4.78, 5) is 45.5. The third-order valence-corrected chi connectivity index (χ3v) is 6.71. The van der Waals surface area contributed by atoms with E-state index < -0.39 is 36.4 Å². The lowest BCUT2D eigenvalue weighted by Gasteiger charge is -2.26. The van der Waals surface area contributed by atoms with Crippen molar-refractivity contribution in [3.05, 3.63) is 83.7 Å². The predicted octanol–water partition coefficient (Wildman–Crippen LogP) is 5.24. The molecule has 0 aliphatic carbocycles. The molecule has 1 atom stereocenters. The highest BCUT2D eigenvalue weighted by Gasteiger charge is 2.48. The van der Waals surface area contributed by atoms with Gasteiger partial charge in [0.25, 0.3) is 0 Å². The molecule has 1 saturated heterocycles. The first kappa shape index (κ1) is 40.2. The van der Waals surface area contributed by atoms with E-state index in [-0.39, 0.29) is 5.41 Å². The van der Waals surface area contributed by atoms with E-state index in [1.165, 1.54) is 16.9 Å². The first-order valence-corrected chi connectivity index (χ1v) is 13.7. The Morgan fingerprint density at radius 2 is 1.33 bits per heavy atom. The molecule has 3 aromatic heterocycles. The summed E-state index contributed by atoms with van der Waals surface area (Å²) in [5.74, 6) is -8.27. The second kappa shape index (κ2) is 16.4. The molecule has 2 aliphatic heterocycles. The number of hydrogen-bond acceptors (Lipinski definition) is 8. The second-order valence-corrected chi connectivity index (χ2v) is 10.5. The number of aryl methyl sites for hydroxylation is 1. The molecule has 1 spiro atoms. The molecule has 2 aliphatic rings. The summed E-state index contributed by atoms with van der Waals surface area (Å²) in [6, 6.07) is 14.7. The molecule has 0 amide bonds. The van der Waals surface area contributed by atoms with Crippen molar-refractivity contribution < 1.29 is 69.2 Å². The Morgan fingerprint density at radius 1 is 0.776 bits per heavy atom. The summed E-state index contributed by atoms with van der Waals surface area (Å²) in [5, 5.41) is 21.4.